The molecule has 0 aliphatic rings. The van der Waals surface area contributed by atoms with E-state index in [0.29, 0.717) is 0 Å². The molecule has 0 spiro atoms. The van der Waals surface area contributed by atoms with Crippen LogP contribution in [0.1, 0.15) is 12.8 Å². The maximum Gasteiger partial charge on any atom is 0.297 e. The third-order valence-corrected chi connectivity index (χ3v) is 2.13. The Morgan fingerprint density at radius 1 is 1.54 bits per heavy atom. The highest BCUT2D eigenvalue weighted by molar-refractivity contribution is 7.86. The van der Waals surface area contributed by atoms with E-state index in [1.807, 2.05) is 0 Å². The summed E-state index contributed by atoms with van der Waals surface area (Å²) >= 11 is 0. The van der Waals surface area contributed by atoms with Crippen LogP contribution in [-0.4, -0.2) is 39.0 Å². The molecule has 0 aromatic rings. The summed E-state index contributed by atoms with van der Waals surface area (Å²) in [5, 5.41) is 0. The van der Waals surface area contributed by atoms with Crippen molar-refractivity contribution < 1.29 is 26.8 Å². The zero-order valence-corrected chi connectivity index (χ0v) is 8.09. The summed E-state index contributed by atoms with van der Waals surface area (Å²) in [5.41, 5.74) is -2.22. The molecule has 0 aliphatic carbocycles. The van der Waals surface area contributed by atoms with Crippen LogP contribution in [0.4, 0.5) is 4.39 Å². The molecule has 0 aromatic carbocycles. The Morgan fingerprint density at radius 2 is 2.15 bits per heavy atom. The Kier molecular flexibility index (Phi) is 6.13. The Hall–Kier alpha value is -0.240. The molecule has 7 heteroatoms. The van der Waals surface area contributed by atoms with E-state index in [9.17, 15) is 12.8 Å². The maximum absolute atomic E-state index is 12.5. The molecule has 0 aliphatic heterocycles. The molecule has 13 heavy (non-hydrogen) atoms. The van der Waals surface area contributed by atoms with E-state index in [2.05, 4.69) is 4.74 Å². The van der Waals surface area contributed by atoms with Crippen LogP contribution < -0.4 is 0 Å². The number of halogens is 1. The lowest BCUT2D eigenvalue weighted by molar-refractivity contribution is -0.0320. The summed E-state index contributed by atoms with van der Waals surface area (Å²) in [7, 11) is -3.11. The lowest BCUT2D eigenvalue weighted by Crippen LogP contribution is -2.15. The van der Waals surface area contributed by atoms with Gasteiger partial charge in [-0.05, 0) is 12.8 Å². The molecule has 80 valence electrons. The smallest absolute Gasteiger partial charge is 0.297 e. The summed E-state index contributed by atoms with van der Waals surface area (Å²) in [6.07, 6.45) is -0.0626. The molecule has 0 amide bonds. The molecule has 0 aromatic heterocycles. The third-order valence-electron chi connectivity index (χ3n) is 1.24. The van der Waals surface area contributed by atoms with Crippen molar-refractivity contribution in [3.8, 4) is 0 Å². The minimum Gasteiger partial charge on any atom is -0.359 e. The van der Waals surface area contributed by atoms with E-state index in [1.54, 1.807) is 0 Å². The molecule has 0 saturated carbocycles. The number of ether oxygens (including phenoxy) is 2. The third kappa shape index (κ3) is 6.88. The van der Waals surface area contributed by atoms with Gasteiger partial charge in [0, 0.05) is 13.7 Å². The van der Waals surface area contributed by atoms with E-state index in [-0.39, 0.29) is 26.2 Å². The molecule has 1 N–H and O–H groups in total. The van der Waals surface area contributed by atoms with Gasteiger partial charge in [-0.1, -0.05) is 0 Å². The average molecular weight is 216 g/mol. The van der Waals surface area contributed by atoms with Gasteiger partial charge in [0.05, 0.1) is 0 Å². The molecule has 0 fully saturated rings. The van der Waals surface area contributed by atoms with Crippen LogP contribution in [0.5, 0.6) is 0 Å². The SMILES string of the molecule is COCOCCCC(F)S(=O)(=O)O. The van der Waals surface area contributed by atoms with E-state index in [0.717, 1.165) is 0 Å². The molecule has 0 saturated heterocycles. The molecule has 0 rings (SSSR count). The number of rotatable bonds is 7. The molecule has 1 unspecified atom stereocenters. The molecule has 0 heterocycles. The normalized spacial score (nSPS) is 14.4. The first-order chi connectivity index (χ1) is 5.98. The fraction of sp³-hybridized carbons (Fsp3) is 1.00. The van der Waals surface area contributed by atoms with Gasteiger partial charge in [0.2, 0.25) is 5.50 Å². The fourth-order valence-electron chi connectivity index (χ4n) is 0.637. The van der Waals surface area contributed by atoms with Crippen molar-refractivity contribution in [2.75, 3.05) is 20.5 Å². The second kappa shape index (κ2) is 6.25. The summed E-state index contributed by atoms with van der Waals surface area (Å²) in [6.45, 7) is 0.284. The summed E-state index contributed by atoms with van der Waals surface area (Å²) in [4.78, 5) is 0. The molecule has 5 nitrogen and oxygen atoms in total. The zero-order chi connectivity index (χ0) is 10.3. The number of hydrogen-bond acceptors (Lipinski definition) is 4. The highest BCUT2D eigenvalue weighted by atomic mass is 32.2. The van der Waals surface area contributed by atoms with Crippen LogP contribution >= 0.6 is 0 Å². The van der Waals surface area contributed by atoms with E-state index in [4.69, 9.17) is 9.29 Å². The predicted molar refractivity (Wildman–Crippen MR) is 43.5 cm³/mol. The van der Waals surface area contributed by atoms with Gasteiger partial charge < -0.3 is 9.47 Å². The van der Waals surface area contributed by atoms with E-state index in [1.165, 1.54) is 7.11 Å². The standard InChI is InChI=1S/C6H13FO5S/c1-11-5-12-4-2-3-6(7)13(8,9)10/h6H,2-5H2,1H3,(H,8,9,10). The van der Waals surface area contributed by atoms with Gasteiger partial charge in [0.15, 0.2) is 0 Å². The average Bonchev–Trinajstić information content (AvgIpc) is 2.02. The monoisotopic (exact) mass is 216 g/mol. The van der Waals surface area contributed by atoms with E-state index >= 15 is 0 Å². The van der Waals surface area contributed by atoms with Crippen molar-refractivity contribution in [2.45, 2.75) is 18.3 Å². The highest BCUT2D eigenvalue weighted by Gasteiger charge is 2.20. The zero-order valence-electron chi connectivity index (χ0n) is 7.27. The number of methoxy groups -OCH3 is 1. The summed E-state index contributed by atoms with van der Waals surface area (Å²) in [6, 6.07) is 0. The predicted octanol–water partition coefficient (Wildman–Crippen LogP) is 0.571. The summed E-state index contributed by atoms with van der Waals surface area (Å²) < 4.78 is 50.4. The molecule has 1 atom stereocenters. The Labute approximate surface area is 76.6 Å². The van der Waals surface area contributed by atoms with Crippen LogP contribution in [0.15, 0.2) is 0 Å². The van der Waals surface area contributed by atoms with Gasteiger partial charge in [-0.15, -0.1) is 0 Å². The van der Waals surface area contributed by atoms with Crippen molar-refractivity contribution in [2.24, 2.45) is 0 Å². The van der Waals surface area contributed by atoms with Crippen LogP contribution in [0.25, 0.3) is 0 Å². The minimum atomic E-state index is -4.55. The minimum absolute atomic E-state index is 0.0861. The lowest BCUT2D eigenvalue weighted by Gasteiger charge is -2.04. The first kappa shape index (κ1) is 12.8. The Morgan fingerprint density at radius 3 is 2.62 bits per heavy atom. The molecule has 0 radical (unpaired) electrons. The second-order valence-electron chi connectivity index (χ2n) is 2.38. The fourth-order valence-corrected chi connectivity index (χ4v) is 1.10. The van der Waals surface area contributed by atoms with E-state index < -0.39 is 15.6 Å². The first-order valence-electron chi connectivity index (χ1n) is 3.65. The number of alkyl halides is 1. The van der Waals surface area contributed by atoms with Gasteiger partial charge in [0.1, 0.15) is 6.79 Å². The van der Waals surface area contributed by atoms with Crippen LogP contribution in [0.3, 0.4) is 0 Å². The lowest BCUT2D eigenvalue weighted by atomic mass is 10.3. The highest BCUT2D eigenvalue weighted by Crippen LogP contribution is 2.08. The van der Waals surface area contributed by atoms with Crippen LogP contribution in [0, 0.1) is 0 Å². The maximum atomic E-state index is 12.5. The molecular formula is C6H13FO5S. The largest absolute Gasteiger partial charge is 0.359 e. The Balaban J connectivity index is 3.44. The van der Waals surface area contributed by atoms with Crippen molar-refractivity contribution in [3.63, 3.8) is 0 Å². The number of hydrogen-bond donors (Lipinski definition) is 1. The van der Waals surface area contributed by atoms with Crippen molar-refractivity contribution in [1.29, 1.82) is 0 Å². The summed E-state index contributed by atoms with van der Waals surface area (Å²) in [5.74, 6) is 0. The van der Waals surface area contributed by atoms with Gasteiger partial charge in [-0.3, -0.25) is 4.55 Å². The van der Waals surface area contributed by atoms with Gasteiger partial charge in [-0.25, -0.2) is 4.39 Å². The van der Waals surface area contributed by atoms with Gasteiger partial charge in [0.25, 0.3) is 10.1 Å². The van der Waals surface area contributed by atoms with Crippen LogP contribution in [-0.2, 0) is 19.6 Å². The molecular weight excluding hydrogens is 203 g/mol. The van der Waals surface area contributed by atoms with Crippen LogP contribution in [0.2, 0.25) is 0 Å². The Bertz CT molecular complexity index is 215. The quantitative estimate of drug-likeness (QED) is 0.382. The van der Waals surface area contributed by atoms with Crippen molar-refractivity contribution in [1.82, 2.24) is 0 Å². The first-order valence-corrected chi connectivity index (χ1v) is 5.16. The topological polar surface area (TPSA) is 72.8 Å². The van der Waals surface area contributed by atoms with Crippen molar-refractivity contribution in [3.05, 3.63) is 0 Å². The molecule has 0 bridgehead atoms. The van der Waals surface area contributed by atoms with Gasteiger partial charge >= 0.3 is 0 Å². The van der Waals surface area contributed by atoms with Gasteiger partial charge in [-0.2, -0.15) is 8.42 Å². The second-order valence-corrected chi connectivity index (χ2v) is 3.92. The van der Waals surface area contributed by atoms with Crippen molar-refractivity contribution >= 4 is 10.1 Å².